The number of hydrogen-bond donors (Lipinski definition) is 1. The highest BCUT2D eigenvalue weighted by atomic mass is 16.4. The largest absolute Gasteiger partial charge is 0.481 e. The maximum absolute atomic E-state index is 11.4. The Labute approximate surface area is 96.0 Å². The molecule has 1 rings (SSSR count). The highest BCUT2D eigenvalue weighted by molar-refractivity contribution is 5.75. The Morgan fingerprint density at radius 1 is 1.38 bits per heavy atom. The van der Waals surface area contributed by atoms with E-state index >= 15 is 0 Å². The second kappa shape index (κ2) is 5.30. The third-order valence-corrected chi connectivity index (χ3v) is 3.15. The molecule has 1 saturated heterocycles. The molecule has 2 atom stereocenters. The van der Waals surface area contributed by atoms with Crippen molar-refractivity contribution in [2.45, 2.75) is 13.3 Å². The average molecular weight is 228 g/mol. The van der Waals surface area contributed by atoms with Crippen molar-refractivity contribution in [2.24, 2.45) is 11.8 Å². The van der Waals surface area contributed by atoms with Gasteiger partial charge in [-0.2, -0.15) is 0 Å². The monoisotopic (exact) mass is 228 g/mol. The van der Waals surface area contributed by atoms with Gasteiger partial charge in [0.1, 0.15) is 0 Å². The van der Waals surface area contributed by atoms with Gasteiger partial charge in [-0.05, 0) is 5.92 Å². The zero-order chi connectivity index (χ0) is 12.3. The van der Waals surface area contributed by atoms with E-state index < -0.39 is 5.97 Å². The summed E-state index contributed by atoms with van der Waals surface area (Å²) in [4.78, 5) is 25.9. The fourth-order valence-corrected chi connectivity index (χ4v) is 2.05. The summed E-state index contributed by atoms with van der Waals surface area (Å²) in [5.74, 6) is -0.748. The lowest BCUT2D eigenvalue weighted by atomic mass is 9.99. The second-order valence-corrected chi connectivity index (χ2v) is 4.72. The highest BCUT2D eigenvalue weighted by Gasteiger charge is 2.34. The quantitative estimate of drug-likeness (QED) is 0.742. The van der Waals surface area contributed by atoms with Crippen molar-refractivity contribution < 1.29 is 14.7 Å². The predicted octanol–water partition coefficient (Wildman–Crippen LogP) is 0.117. The molecule has 0 bridgehead atoms. The fourth-order valence-electron chi connectivity index (χ4n) is 2.05. The molecule has 0 radical (unpaired) electrons. The van der Waals surface area contributed by atoms with Crippen LogP contribution in [0.25, 0.3) is 0 Å². The van der Waals surface area contributed by atoms with Crippen LogP contribution in [0.2, 0.25) is 0 Å². The van der Waals surface area contributed by atoms with Crippen LogP contribution in [-0.2, 0) is 9.59 Å². The Kier molecular flexibility index (Phi) is 4.29. The highest BCUT2D eigenvalue weighted by Crippen LogP contribution is 2.23. The van der Waals surface area contributed by atoms with E-state index in [2.05, 4.69) is 4.90 Å². The van der Waals surface area contributed by atoms with E-state index in [1.165, 1.54) is 0 Å². The molecule has 0 aromatic heterocycles. The zero-order valence-corrected chi connectivity index (χ0v) is 10.1. The number of carbonyl (C=O) groups excluding carboxylic acids is 1. The molecule has 0 aliphatic carbocycles. The third-order valence-electron chi connectivity index (χ3n) is 3.15. The van der Waals surface area contributed by atoms with Crippen molar-refractivity contribution in [1.29, 1.82) is 0 Å². The summed E-state index contributed by atoms with van der Waals surface area (Å²) in [6.07, 6.45) is 0.464. The minimum absolute atomic E-state index is 0.0893. The third kappa shape index (κ3) is 3.20. The first kappa shape index (κ1) is 13.0. The van der Waals surface area contributed by atoms with Gasteiger partial charge in [-0.1, -0.05) is 6.92 Å². The van der Waals surface area contributed by atoms with Crippen LogP contribution in [0.3, 0.4) is 0 Å². The van der Waals surface area contributed by atoms with Gasteiger partial charge in [-0.3, -0.25) is 9.59 Å². The second-order valence-electron chi connectivity index (χ2n) is 4.72. The molecule has 0 spiro atoms. The van der Waals surface area contributed by atoms with Crippen molar-refractivity contribution in [3.63, 3.8) is 0 Å². The first-order valence-corrected chi connectivity index (χ1v) is 5.57. The lowest BCUT2D eigenvalue weighted by Crippen LogP contribution is -2.29. The molecular weight excluding hydrogens is 208 g/mol. The average Bonchev–Trinajstić information content (AvgIpc) is 2.56. The standard InChI is InChI=1S/C11H20N2O3/c1-8-6-13(7-9(8)11(15)16)5-4-10(14)12(2)3/h8-9H,4-7H2,1-3H3,(H,15,16)/t8-,9-/m1/s1. The summed E-state index contributed by atoms with van der Waals surface area (Å²) < 4.78 is 0. The summed E-state index contributed by atoms with van der Waals surface area (Å²) in [6.45, 7) is 3.95. The number of carbonyl (C=O) groups is 2. The molecule has 92 valence electrons. The van der Waals surface area contributed by atoms with E-state index in [1.54, 1.807) is 19.0 Å². The SMILES string of the molecule is C[C@@H]1CN(CCC(=O)N(C)C)C[C@H]1C(=O)O. The van der Waals surface area contributed by atoms with Crippen molar-refractivity contribution >= 4 is 11.9 Å². The topological polar surface area (TPSA) is 60.9 Å². The number of aliphatic carboxylic acids is 1. The van der Waals surface area contributed by atoms with E-state index in [0.29, 0.717) is 19.5 Å². The van der Waals surface area contributed by atoms with Gasteiger partial charge in [-0.15, -0.1) is 0 Å². The number of nitrogens with zero attached hydrogens (tertiary/aromatic N) is 2. The van der Waals surface area contributed by atoms with E-state index in [-0.39, 0.29) is 17.7 Å². The molecule has 0 unspecified atom stereocenters. The molecule has 5 nitrogen and oxygen atoms in total. The molecule has 1 fully saturated rings. The summed E-state index contributed by atoms with van der Waals surface area (Å²) in [6, 6.07) is 0. The number of carboxylic acids is 1. The Morgan fingerprint density at radius 2 is 2.00 bits per heavy atom. The number of hydrogen-bond acceptors (Lipinski definition) is 3. The zero-order valence-electron chi connectivity index (χ0n) is 10.1. The number of rotatable bonds is 4. The van der Waals surface area contributed by atoms with Gasteiger partial charge in [0.15, 0.2) is 0 Å². The Morgan fingerprint density at radius 3 is 2.44 bits per heavy atom. The van der Waals surface area contributed by atoms with Gasteiger partial charge in [0.25, 0.3) is 0 Å². The number of likely N-dealkylation sites (tertiary alicyclic amines) is 1. The van der Waals surface area contributed by atoms with Gasteiger partial charge >= 0.3 is 5.97 Å². The van der Waals surface area contributed by atoms with Gasteiger partial charge < -0.3 is 14.9 Å². The lowest BCUT2D eigenvalue weighted by molar-refractivity contribution is -0.142. The predicted molar refractivity (Wildman–Crippen MR) is 60.0 cm³/mol. The lowest BCUT2D eigenvalue weighted by Gasteiger charge is -2.16. The summed E-state index contributed by atoms with van der Waals surface area (Å²) in [5.41, 5.74) is 0. The van der Waals surface area contributed by atoms with E-state index in [9.17, 15) is 9.59 Å². The van der Waals surface area contributed by atoms with Crippen LogP contribution in [0, 0.1) is 11.8 Å². The molecular formula is C11H20N2O3. The van der Waals surface area contributed by atoms with Crippen LogP contribution in [-0.4, -0.2) is 60.5 Å². The number of amides is 1. The Hall–Kier alpha value is -1.10. The summed E-state index contributed by atoms with van der Waals surface area (Å²) in [5, 5.41) is 8.97. The van der Waals surface area contributed by atoms with Crippen molar-refractivity contribution in [3.05, 3.63) is 0 Å². The van der Waals surface area contributed by atoms with Crippen LogP contribution in [0.5, 0.6) is 0 Å². The van der Waals surface area contributed by atoms with E-state index in [4.69, 9.17) is 5.11 Å². The normalized spacial score (nSPS) is 25.7. The minimum atomic E-state index is -0.728. The number of carboxylic acid groups (broad SMARTS) is 1. The molecule has 1 aliphatic rings. The van der Waals surface area contributed by atoms with Crippen LogP contribution >= 0.6 is 0 Å². The van der Waals surface area contributed by atoms with Crippen LogP contribution < -0.4 is 0 Å². The smallest absolute Gasteiger partial charge is 0.308 e. The maximum Gasteiger partial charge on any atom is 0.308 e. The van der Waals surface area contributed by atoms with Crippen LogP contribution in [0.4, 0.5) is 0 Å². The van der Waals surface area contributed by atoms with Crippen LogP contribution in [0.1, 0.15) is 13.3 Å². The first-order chi connectivity index (χ1) is 7.41. The molecule has 0 aromatic rings. The maximum atomic E-state index is 11.4. The van der Waals surface area contributed by atoms with Gasteiger partial charge in [0.05, 0.1) is 5.92 Å². The summed E-state index contributed by atoms with van der Waals surface area (Å²) >= 11 is 0. The Bertz CT molecular complexity index is 278. The molecule has 0 aromatic carbocycles. The van der Waals surface area contributed by atoms with E-state index in [0.717, 1.165) is 6.54 Å². The van der Waals surface area contributed by atoms with Gasteiger partial charge in [0.2, 0.25) is 5.91 Å². The Balaban J connectivity index is 2.36. The van der Waals surface area contributed by atoms with Crippen LogP contribution in [0.15, 0.2) is 0 Å². The van der Waals surface area contributed by atoms with E-state index in [1.807, 2.05) is 6.92 Å². The van der Waals surface area contributed by atoms with Gasteiger partial charge in [-0.25, -0.2) is 0 Å². The first-order valence-electron chi connectivity index (χ1n) is 5.57. The molecule has 1 heterocycles. The molecule has 1 amide bonds. The summed E-state index contributed by atoms with van der Waals surface area (Å²) in [7, 11) is 3.46. The minimum Gasteiger partial charge on any atom is -0.481 e. The van der Waals surface area contributed by atoms with Crippen molar-refractivity contribution in [1.82, 2.24) is 9.80 Å². The van der Waals surface area contributed by atoms with Crippen molar-refractivity contribution in [2.75, 3.05) is 33.7 Å². The molecule has 16 heavy (non-hydrogen) atoms. The molecule has 1 aliphatic heterocycles. The van der Waals surface area contributed by atoms with Gasteiger partial charge in [0, 0.05) is 40.2 Å². The fraction of sp³-hybridized carbons (Fsp3) is 0.818. The molecule has 0 saturated carbocycles. The van der Waals surface area contributed by atoms with Crippen molar-refractivity contribution in [3.8, 4) is 0 Å². The molecule has 1 N–H and O–H groups in total. The molecule has 5 heteroatoms.